The summed E-state index contributed by atoms with van der Waals surface area (Å²) in [6, 6.07) is 14.3. The fourth-order valence-electron chi connectivity index (χ4n) is 3.43. The molecule has 2 atom stereocenters. The first-order chi connectivity index (χ1) is 13.0. The minimum atomic E-state index is -0.143. The van der Waals surface area contributed by atoms with E-state index in [0.717, 1.165) is 12.1 Å². The van der Waals surface area contributed by atoms with Crippen LogP contribution < -0.4 is 10.6 Å². The largest absolute Gasteiger partial charge is 0.360 e. The van der Waals surface area contributed by atoms with Gasteiger partial charge < -0.3 is 15.5 Å². The molecule has 2 aromatic rings. The van der Waals surface area contributed by atoms with Crippen molar-refractivity contribution < 1.29 is 4.79 Å². The number of likely N-dealkylation sites (tertiary alicyclic amines) is 1. The monoisotopic (exact) mass is 382 g/mol. The Bertz CT molecular complexity index is 766. The SMILES string of the molecule is CC(C)NC(=S)N1C[C@H](C(=O)NCc2cccnc2)[C@H](c2ccccc2)C1. The molecule has 0 spiro atoms. The number of nitrogens with zero attached hydrogens (tertiary/aromatic N) is 2. The van der Waals surface area contributed by atoms with E-state index in [1.54, 1.807) is 12.4 Å². The lowest BCUT2D eigenvalue weighted by molar-refractivity contribution is -0.125. The van der Waals surface area contributed by atoms with Crippen molar-refractivity contribution in [3.05, 3.63) is 66.0 Å². The summed E-state index contributed by atoms with van der Waals surface area (Å²) in [7, 11) is 0. The molecule has 2 heterocycles. The van der Waals surface area contributed by atoms with Crippen LogP contribution in [0.5, 0.6) is 0 Å². The molecule has 0 saturated carbocycles. The van der Waals surface area contributed by atoms with Gasteiger partial charge in [0.05, 0.1) is 5.92 Å². The number of rotatable bonds is 5. The van der Waals surface area contributed by atoms with Crippen LogP contribution in [-0.4, -0.2) is 40.0 Å². The highest BCUT2D eigenvalue weighted by Gasteiger charge is 2.39. The van der Waals surface area contributed by atoms with Crippen LogP contribution in [0.3, 0.4) is 0 Å². The summed E-state index contributed by atoms with van der Waals surface area (Å²) >= 11 is 5.55. The summed E-state index contributed by atoms with van der Waals surface area (Å²) in [4.78, 5) is 19.2. The number of nitrogens with one attached hydrogen (secondary N) is 2. The summed E-state index contributed by atoms with van der Waals surface area (Å²) in [6.07, 6.45) is 3.51. The van der Waals surface area contributed by atoms with Crippen molar-refractivity contribution >= 4 is 23.2 Å². The Hall–Kier alpha value is -2.47. The van der Waals surface area contributed by atoms with E-state index in [1.807, 2.05) is 30.3 Å². The average molecular weight is 383 g/mol. The van der Waals surface area contributed by atoms with E-state index in [9.17, 15) is 4.79 Å². The van der Waals surface area contributed by atoms with E-state index in [1.165, 1.54) is 5.56 Å². The summed E-state index contributed by atoms with van der Waals surface area (Å²) in [5.74, 6) is 0.0329. The molecule has 1 aromatic carbocycles. The third-order valence-corrected chi connectivity index (χ3v) is 5.15. The lowest BCUT2D eigenvalue weighted by Gasteiger charge is -2.22. The minimum absolute atomic E-state index is 0.0579. The van der Waals surface area contributed by atoms with E-state index in [2.05, 4.69) is 46.5 Å². The summed E-state index contributed by atoms with van der Waals surface area (Å²) in [5, 5.41) is 7.08. The average Bonchev–Trinajstić information content (AvgIpc) is 3.13. The fraction of sp³-hybridized carbons (Fsp3) is 0.381. The van der Waals surface area contributed by atoms with Crippen molar-refractivity contribution in [3.63, 3.8) is 0 Å². The van der Waals surface area contributed by atoms with Gasteiger partial charge in [0.25, 0.3) is 0 Å². The van der Waals surface area contributed by atoms with Gasteiger partial charge in [-0.15, -0.1) is 0 Å². The van der Waals surface area contributed by atoms with Gasteiger partial charge in [-0.05, 0) is 43.3 Å². The first-order valence-electron chi connectivity index (χ1n) is 9.31. The molecular formula is C21H26N4OS. The van der Waals surface area contributed by atoms with E-state index < -0.39 is 0 Å². The van der Waals surface area contributed by atoms with Crippen LogP contribution in [-0.2, 0) is 11.3 Å². The predicted octanol–water partition coefficient (Wildman–Crippen LogP) is 2.70. The highest BCUT2D eigenvalue weighted by atomic mass is 32.1. The highest BCUT2D eigenvalue weighted by molar-refractivity contribution is 7.80. The minimum Gasteiger partial charge on any atom is -0.360 e. The standard InChI is InChI=1S/C21H26N4OS/c1-15(2)24-21(27)25-13-18(17-8-4-3-5-9-17)19(14-25)20(26)23-12-16-7-6-10-22-11-16/h3-11,15,18-19H,12-14H2,1-2H3,(H,23,26)(H,24,27)/t18-,19-/m0/s1. The van der Waals surface area contributed by atoms with Gasteiger partial charge in [0.1, 0.15) is 0 Å². The Labute approximate surface area is 166 Å². The van der Waals surface area contributed by atoms with Crippen LogP contribution in [0, 0.1) is 5.92 Å². The van der Waals surface area contributed by atoms with Gasteiger partial charge >= 0.3 is 0 Å². The second kappa shape index (κ2) is 8.95. The predicted molar refractivity (Wildman–Crippen MR) is 111 cm³/mol. The molecule has 0 unspecified atom stereocenters. The molecule has 6 heteroatoms. The molecule has 1 amide bonds. The molecule has 3 rings (SSSR count). The van der Waals surface area contributed by atoms with E-state index in [4.69, 9.17) is 12.2 Å². The van der Waals surface area contributed by atoms with Crippen molar-refractivity contribution in [2.45, 2.75) is 32.4 Å². The topological polar surface area (TPSA) is 57.3 Å². The highest BCUT2D eigenvalue weighted by Crippen LogP contribution is 2.33. The number of carbonyl (C=O) groups excluding carboxylic acids is 1. The zero-order chi connectivity index (χ0) is 19.2. The number of amides is 1. The molecular weight excluding hydrogens is 356 g/mol. The van der Waals surface area contributed by atoms with Crippen molar-refractivity contribution in [1.82, 2.24) is 20.5 Å². The Kier molecular flexibility index (Phi) is 6.40. The van der Waals surface area contributed by atoms with Crippen LogP contribution >= 0.6 is 12.2 Å². The Balaban J connectivity index is 1.72. The number of thiocarbonyl (C=S) groups is 1. The Morgan fingerprint density at radius 2 is 2.00 bits per heavy atom. The molecule has 1 aliphatic heterocycles. The number of benzene rings is 1. The van der Waals surface area contributed by atoms with Crippen LogP contribution in [0.4, 0.5) is 0 Å². The first-order valence-corrected chi connectivity index (χ1v) is 9.72. The molecule has 1 fully saturated rings. The maximum atomic E-state index is 13.0. The van der Waals surface area contributed by atoms with Gasteiger partial charge in [0.15, 0.2) is 5.11 Å². The molecule has 1 aromatic heterocycles. The van der Waals surface area contributed by atoms with E-state index in [-0.39, 0.29) is 23.8 Å². The summed E-state index contributed by atoms with van der Waals surface area (Å²) in [5.41, 5.74) is 2.17. The van der Waals surface area contributed by atoms with Crippen molar-refractivity contribution in [2.24, 2.45) is 5.92 Å². The number of carbonyl (C=O) groups is 1. The van der Waals surface area contributed by atoms with E-state index in [0.29, 0.717) is 18.2 Å². The quantitative estimate of drug-likeness (QED) is 0.779. The van der Waals surface area contributed by atoms with Crippen molar-refractivity contribution in [2.75, 3.05) is 13.1 Å². The fourth-order valence-corrected chi connectivity index (χ4v) is 3.82. The van der Waals surface area contributed by atoms with Crippen LogP contribution in [0.1, 0.15) is 30.9 Å². The molecule has 142 valence electrons. The zero-order valence-corrected chi connectivity index (χ0v) is 16.6. The van der Waals surface area contributed by atoms with Crippen LogP contribution in [0.25, 0.3) is 0 Å². The first kappa shape index (κ1) is 19.3. The third kappa shape index (κ3) is 5.04. The Morgan fingerprint density at radius 3 is 2.67 bits per heavy atom. The zero-order valence-electron chi connectivity index (χ0n) is 15.8. The number of pyridine rings is 1. The van der Waals surface area contributed by atoms with Crippen molar-refractivity contribution in [1.29, 1.82) is 0 Å². The molecule has 0 radical (unpaired) electrons. The summed E-state index contributed by atoms with van der Waals surface area (Å²) < 4.78 is 0. The Morgan fingerprint density at radius 1 is 1.22 bits per heavy atom. The number of hydrogen-bond acceptors (Lipinski definition) is 3. The van der Waals surface area contributed by atoms with Gasteiger partial charge in [-0.25, -0.2) is 0 Å². The van der Waals surface area contributed by atoms with E-state index >= 15 is 0 Å². The number of hydrogen-bond donors (Lipinski definition) is 2. The van der Waals surface area contributed by atoms with Gasteiger partial charge in [0, 0.05) is 44.0 Å². The summed E-state index contributed by atoms with van der Waals surface area (Å²) in [6.45, 7) is 5.98. The molecule has 27 heavy (non-hydrogen) atoms. The van der Waals surface area contributed by atoms with Gasteiger partial charge in [-0.1, -0.05) is 36.4 Å². The number of aromatic nitrogens is 1. The maximum absolute atomic E-state index is 13.0. The molecule has 1 aliphatic rings. The molecule has 0 bridgehead atoms. The second-order valence-electron chi connectivity index (χ2n) is 7.21. The third-order valence-electron chi connectivity index (χ3n) is 4.77. The normalized spacial score (nSPS) is 19.1. The van der Waals surface area contributed by atoms with Gasteiger partial charge in [0.2, 0.25) is 5.91 Å². The van der Waals surface area contributed by atoms with Gasteiger partial charge in [-0.3, -0.25) is 9.78 Å². The molecule has 2 N–H and O–H groups in total. The maximum Gasteiger partial charge on any atom is 0.225 e. The smallest absolute Gasteiger partial charge is 0.225 e. The van der Waals surface area contributed by atoms with Crippen LogP contribution in [0.15, 0.2) is 54.9 Å². The van der Waals surface area contributed by atoms with Crippen LogP contribution in [0.2, 0.25) is 0 Å². The molecule has 1 saturated heterocycles. The lowest BCUT2D eigenvalue weighted by Crippen LogP contribution is -2.42. The molecule has 0 aliphatic carbocycles. The van der Waals surface area contributed by atoms with Gasteiger partial charge in [-0.2, -0.15) is 0 Å². The van der Waals surface area contributed by atoms with Crippen molar-refractivity contribution in [3.8, 4) is 0 Å². The molecule has 5 nitrogen and oxygen atoms in total. The second-order valence-corrected chi connectivity index (χ2v) is 7.60. The lowest BCUT2D eigenvalue weighted by atomic mass is 9.88.